The van der Waals surface area contributed by atoms with Gasteiger partial charge in [0.1, 0.15) is 5.01 Å². The largest absolute Gasteiger partial charge is 0.369 e. The van der Waals surface area contributed by atoms with Gasteiger partial charge in [0.15, 0.2) is 0 Å². The molecule has 98 valence electrons. The van der Waals surface area contributed by atoms with E-state index in [1.54, 1.807) is 29.7 Å². The Morgan fingerprint density at radius 3 is 2.74 bits per heavy atom. The number of aromatic nitrogens is 3. The van der Waals surface area contributed by atoms with Gasteiger partial charge in [-0.1, -0.05) is 23.2 Å². The van der Waals surface area contributed by atoms with Gasteiger partial charge in [0.25, 0.3) is 0 Å². The number of halogens is 2. The van der Waals surface area contributed by atoms with Crippen molar-refractivity contribution in [1.82, 2.24) is 14.5 Å². The van der Waals surface area contributed by atoms with Crippen LogP contribution in [-0.4, -0.2) is 14.5 Å². The standard InChI is InChI=1S/C12H10Cl2N4S/c1-6(11-16-2-3-19-11)18-10-5-8(14)7(13)4-9(10)17-12(18)15/h2-6H,1H3,(H2,15,17). The van der Waals surface area contributed by atoms with Gasteiger partial charge in [0.2, 0.25) is 5.95 Å². The van der Waals surface area contributed by atoms with E-state index in [9.17, 15) is 0 Å². The van der Waals surface area contributed by atoms with Gasteiger partial charge in [-0.2, -0.15) is 0 Å². The van der Waals surface area contributed by atoms with Crippen molar-refractivity contribution >= 4 is 51.5 Å². The van der Waals surface area contributed by atoms with Gasteiger partial charge in [0, 0.05) is 11.6 Å². The van der Waals surface area contributed by atoms with Gasteiger partial charge in [-0.05, 0) is 19.1 Å². The molecule has 0 aliphatic carbocycles. The molecule has 0 saturated heterocycles. The molecular weight excluding hydrogens is 303 g/mol. The highest BCUT2D eigenvalue weighted by Gasteiger charge is 2.18. The van der Waals surface area contributed by atoms with Crippen LogP contribution < -0.4 is 5.73 Å². The predicted octanol–water partition coefficient (Wildman–Crippen LogP) is 3.99. The Hall–Kier alpha value is -1.30. The third-order valence-electron chi connectivity index (χ3n) is 2.95. The number of hydrogen-bond donors (Lipinski definition) is 1. The van der Waals surface area contributed by atoms with Crippen LogP contribution in [0.1, 0.15) is 18.0 Å². The van der Waals surface area contributed by atoms with E-state index in [4.69, 9.17) is 28.9 Å². The summed E-state index contributed by atoms with van der Waals surface area (Å²) in [5, 5.41) is 3.87. The third-order valence-corrected chi connectivity index (χ3v) is 4.62. The van der Waals surface area contributed by atoms with Crippen LogP contribution in [0.4, 0.5) is 5.95 Å². The number of thiazole rings is 1. The summed E-state index contributed by atoms with van der Waals surface area (Å²) in [6, 6.07) is 3.51. The van der Waals surface area contributed by atoms with Crippen molar-refractivity contribution in [3.05, 3.63) is 38.8 Å². The Morgan fingerprint density at radius 2 is 2.05 bits per heavy atom. The summed E-state index contributed by atoms with van der Waals surface area (Å²) < 4.78 is 1.91. The molecule has 1 unspecified atom stereocenters. The fraction of sp³-hybridized carbons (Fsp3) is 0.167. The second-order valence-electron chi connectivity index (χ2n) is 4.14. The maximum absolute atomic E-state index is 6.07. The Balaban J connectivity index is 2.23. The van der Waals surface area contributed by atoms with Gasteiger partial charge in [0.05, 0.1) is 27.1 Å². The average Bonchev–Trinajstić information content (AvgIpc) is 2.97. The number of fused-ring (bicyclic) bond motifs is 1. The molecule has 4 nitrogen and oxygen atoms in total. The monoisotopic (exact) mass is 312 g/mol. The zero-order chi connectivity index (χ0) is 13.6. The lowest BCUT2D eigenvalue weighted by Gasteiger charge is -2.13. The topological polar surface area (TPSA) is 56.7 Å². The quantitative estimate of drug-likeness (QED) is 0.778. The van der Waals surface area contributed by atoms with E-state index in [1.807, 2.05) is 16.9 Å². The maximum atomic E-state index is 6.07. The van der Waals surface area contributed by atoms with Crippen molar-refractivity contribution < 1.29 is 0 Å². The maximum Gasteiger partial charge on any atom is 0.201 e. The molecule has 1 atom stereocenters. The molecule has 7 heteroatoms. The highest BCUT2D eigenvalue weighted by Crippen LogP contribution is 2.33. The first kappa shape index (κ1) is 12.7. The Morgan fingerprint density at radius 1 is 1.32 bits per heavy atom. The minimum absolute atomic E-state index is 0.00208. The van der Waals surface area contributed by atoms with Crippen molar-refractivity contribution in [2.24, 2.45) is 0 Å². The van der Waals surface area contributed by atoms with Crippen molar-refractivity contribution in [2.75, 3.05) is 5.73 Å². The lowest BCUT2D eigenvalue weighted by atomic mass is 10.3. The molecule has 0 saturated carbocycles. The summed E-state index contributed by atoms with van der Waals surface area (Å²) in [5.74, 6) is 0.427. The lowest BCUT2D eigenvalue weighted by Crippen LogP contribution is -2.09. The zero-order valence-corrected chi connectivity index (χ0v) is 12.3. The van der Waals surface area contributed by atoms with Crippen LogP contribution in [0, 0.1) is 0 Å². The van der Waals surface area contributed by atoms with Crippen molar-refractivity contribution in [3.8, 4) is 0 Å². The van der Waals surface area contributed by atoms with Crippen LogP contribution >= 0.6 is 34.5 Å². The van der Waals surface area contributed by atoms with Crippen LogP contribution in [0.25, 0.3) is 11.0 Å². The number of nitrogens with zero attached hydrogens (tertiary/aromatic N) is 3. The van der Waals surface area contributed by atoms with Crippen LogP contribution in [0.15, 0.2) is 23.7 Å². The molecule has 0 amide bonds. The van der Waals surface area contributed by atoms with Crippen molar-refractivity contribution in [1.29, 1.82) is 0 Å². The first-order chi connectivity index (χ1) is 9.08. The lowest BCUT2D eigenvalue weighted by molar-refractivity contribution is 0.662. The minimum atomic E-state index is 0.00208. The molecule has 0 radical (unpaired) electrons. The third kappa shape index (κ3) is 2.08. The number of hydrogen-bond acceptors (Lipinski definition) is 4. The van der Waals surface area contributed by atoms with E-state index in [0.29, 0.717) is 16.0 Å². The number of rotatable bonds is 2. The number of nitrogens with two attached hydrogens (primary N) is 1. The molecule has 1 aromatic carbocycles. The van der Waals surface area contributed by atoms with E-state index in [-0.39, 0.29) is 6.04 Å². The Bertz CT molecular complexity index is 736. The molecule has 19 heavy (non-hydrogen) atoms. The van der Waals surface area contributed by atoms with Crippen molar-refractivity contribution in [3.63, 3.8) is 0 Å². The summed E-state index contributed by atoms with van der Waals surface area (Å²) >= 11 is 13.6. The van der Waals surface area contributed by atoms with Gasteiger partial charge in [-0.3, -0.25) is 0 Å². The molecule has 0 bridgehead atoms. The normalized spacial score (nSPS) is 13.0. The van der Waals surface area contributed by atoms with Crippen molar-refractivity contribution in [2.45, 2.75) is 13.0 Å². The fourth-order valence-corrected chi connectivity index (χ4v) is 3.07. The smallest absolute Gasteiger partial charge is 0.201 e. The summed E-state index contributed by atoms with van der Waals surface area (Å²) in [7, 11) is 0. The van der Waals surface area contributed by atoms with E-state index in [2.05, 4.69) is 9.97 Å². The molecule has 3 rings (SSSR count). The molecular formula is C12H10Cl2N4S. The first-order valence-electron chi connectivity index (χ1n) is 5.59. The average molecular weight is 313 g/mol. The molecule has 0 fully saturated rings. The molecule has 0 spiro atoms. The second kappa shape index (κ2) is 4.67. The van der Waals surface area contributed by atoms with E-state index < -0.39 is 0 Å². The number of benzene rings is 1. The molecule has 2 heterocycles. The second-order valence-corrected chi connectivity index (χ2v) is 5.88. The molecule has 0 aliphatic rings. The fourth-order valence-electron chi connectivity index (χ4n) is 2.07. The van der Waals surface area contributed by atoms with Gasteiger partial charge >= 0.3 is 0 Å². The van der Waals surface area contributed by atoms with Gasteiger partial charge in [-0.15, -0.1) is 11.3 Å². The SMILES string of the molecule is CC(c1nccs1)n1c(N)nc2cc(Cl)c(Cl)cc21. The molecule has 2 aromatic heterocycles. The summed E-state index contributed by atoms with van der Waals surface area (Å²) in [6.45, 7) is 2.03. The van der Waals surface area contributed by atoms with E-state index in [0.717, 1.165) is 16.0 Å². The number of nitrogen functional groups attached to an aromatic ring is 1. The van der Waals surface area contributed by atoms with Crippen LogP contribution in [0.2, 0.25) is 10.0 Å². The highest BCUT2D eigenvalue weighted by molar-refractivity contribution is 7.09. The van der Waals surface area contributed by atoms with E-state index >= 15 is 0 Å². The summed E-state index contributed by atoms with van der Waals surface area (Å²) in [6.07, 6.45) is 1.77. The molecule has 2 N–H and O–H groups in total. The first-order valence-corrected chi connectivity index (χ1v) is 7.23. The molecule has 3 aromatic rings. The van der Waals surface area contributed by atoms with Gasteiger partial charge in [-0.25, -0.2) is 9.97 Å². The summed E-state index contributed by atoms with van der Waals surface area (Å²) in [5.41, 5.74) is 7.59. The van der Waals surface area contributed by atoms with E-state index in [1.165, 1.54) is 0 Å². The minimum Gasteiger partial charge on any atom is -0.369 e. The zero-order valence-electron chi connectivity index (χ0n) is 9.97. The number of anilines is 1. The number of imidazole rings is 1. The highest BCUT2D eigenvalue weighted by atomic mass is 35.5. The van der Waals surface area contributed by atoms with Crippen LogP contribution in [0.3, 0.4) is 0 Å². The predicted molar refractivity (Wildman–Crippen MR) is 80.1 cm³/mol. The Kier molecular flexibility index (Phi) is 3.12. The van der Waals surface area contributed by atoms with Gasteiger partial charge < -0.3 is 10.3 Å². The van der Waals surface area contributed by atoms with Crippen LogP contribution in [0.5, 0.6) is 0 Å². The summed E-state index contributed by atoms with van der Waals surface area (Å²) in [4.78, 5) is 8.64. The Labute approximate surface area is 123 Å². The molecule has 0 aliphatic heterocycles. The van der Waals surface area contributed by atoms with Crippen LogP contribution in [-0.2, 0) is 0 Å².